The molecule has 1 aromatic carbocycles. The Balaban J connectivity index is 1.72. The van der Waals surface area contributed by atoms with Gasteiger partial charge in [0, 0.05) is 41.9 Å². The van der Waals surface area contributed by atoms with Crippen LogP contribution in [-0.2, 0) is 19.3 Å². The van der Waals surface area contributed by atoms with Gasteiger partial charge in [-0.15, -0.1) is 0 Å². The summed E-state index contributed by atoms with van der Waals surface area (Å²) in [7, 11) is -3.32. The topological polar surface area (TPSA) is 112 Å². The Kier molecular flexibility index (Phi) is 4.31. The van der Waals surface area contributed by atoms with E-state index in [1.807, 2.05) is 24.3 Å². The fourth-order valence-corrected chi connectivity index (χ4v) is 5.41. The van der Waals surface area contributed by atoms with E-state index in [9.17, 15) is 13.7 Å². The number of nitriles is 1. The third-order valence-corrected chi connectivity index (χ3v) is 7.99. The second-order valence-corrected chi connectivity index (χ2v) is 10.2. The molecule has 0 unspecified atom stereocenters. The number of hydrogen-bond donors (Lipinski definition) is 1. The number of morpholine rings is 1. The first-order chi connectivity index (χ1) is 14.4. The van der Waals surface area contributed by atoms with Crippen LogP contribution in [0, 0.1) is 11.3 Å². The molecule has 2 aliphatic rings. The summed E-state index contributed by atoms with van der Waals surface area (Å²) in [5, 5.41) is 10.1. The van der Waals surface area contributed by atoms with Crippen LogP contribution in [0.2, 0.25) is 0 Å². The molecular weight excluding hydrogens is 402 g/mol. The van der Waals surface area contributed by atoms with E-state index in [1.165, 1.54) is 6.26 Å². The van der Waals surface area contributed by atoms with Gasteiger partial charge in [0.25, 0.3) is 0 Å². The van der Waals surface area contributed by atoms with Crippen molar-refractivity contribution >= 4 is 26.6 Å². The van der Waals surface area contributed by atoms with Crippen molar-refractivity contribution < 1.29 is 13.2 Å². The van der Waals surface area contributed by atoms with Crippen molar-refractivity contribution in [2.75, 3.05) is 37.5 Å². The van der Waals surface area contributed by atoms with Crippen molar-refractivity contribution in [3.8, 4) is 17.5 Å². The highest BCUT2D eigenvalue weighted by Crippen LogP contribution is 2.52. The van der Waals surface area contributed by atoms with Gasteiger partial charge in [-0.25, -0.2) is 18.4 Å². The minimum atomic E-state index is -3.32. The molecule has 30 heavy (non-hydrogen) atoms. The summed E-state index contributed by atoms with van der Waals surface area (Å²) in [5.74, 6) is 1.18. The molecule has 0 radical (unpaired) electrons. The molecule has 1 saturated carbocycles. The van der Waals surface area contributed by atoms with Gasteiger partial charge in [-0.3, -0.25) is 0 Å². The van der Waals surface area contributed by atoms with E-state index in [1.54, 1.807) is 6.07 Å². The van der Waals surface area contributed by atoms with Crippen LogP contribution in [0.1, 0.15) is 24.2 Å². The Morgan fingerprint density at radius 3 is 2.63 bits per heavy atom. The first-order valence-electron chi connectivity index (χ1n) is 9.85. The smallest absolute Gasteiger partial charge is 0.162 e. The molecule has 2 fully saturated rings. The number of sulfone groups is 1. The standard InChI is InChI=1S/C21H21N5O3S/c1-30(27,28)21(5-6-21)18-12-19(26-7-9-29-10-8-26)25-20(24-18)15-3-2-4-17-16(15)11-14(13-22)23-17/h2-4,11-12,23H,5-10H2,1H3. The Labute approximate surface area is 174 Å². The number of aromatic nitrogens is 3. The van der Waals surface area contributed by atoms with Crippen LogP contribution in [0.4, 0.5) is 5.82 Å². The molecule has 1 N–H and O–H groups in total. The van der Waals surface area contributed by atoms with Crippen molar-refractivity contribution in [1.29, 1.82) is 5.26 Å². The number of rotatable bonds is 4. The zero-order valence-electron chi connectivity index (χ0n) is 16.6. The Hall–Kier alpha value is -2.96. The van der Waals surface area contributed by atoms with Crippen LogP contribution in [-0.4, -0.2) is 55.9 Å². The van der Waals surface area contributed by atoms with Gasteiger partial charge in [-0.05, 0) is 25.0 Å². The number of benzene rings is 1. The number of aromatic amines is 1. The quantitative estimate of drug-likeness (QED) is 0.685. The summed E-state index contributed by atoms with van der Waals surface area (Å²) in [6, 6.07) is 11.4. The molecule has 1 saturated heterocycles. The summed E-state index contributed by atoms with van der Waals surface area (Å²) in [6.45, 7) is 2.58. The molecule has 0 bridgehead atoms. The van der Waals surface area contributed by atoms with Crippen LogP contribution in [0.15, 0.2) is 30.3 Å². The average molecular weight is 423 g/mol. The lowest BCUT2D eigenvalue weighted by molar-refractivity contribution is 0.122. The van der Waals surface area contributed by atoms with Crippen LogP contribution in [0.25, 0.3) is 22.3 Å². The number of hydrogen-bond acceptors (Lipinski definition) is 7. The van der Waals surface area contributed by atoms with E-state index in [0.29, 0.717) is 62.2 Å². The summed E-state index contributed by atoms with van der Waals surface area (Å²) in [4.78, 5) is 14.7. The largest absolute Gasteiger partial charge is 0.378 e. The molecule has 154 valence electrons. The zero-order valence-corrected chi connectivity index (χ0v) is 17.4. The van der Waals surface area contributed by atoms with Crippen LogP contribution in [0.5, 0.6) is 0 Å². The van der Waals surface area contributed by atoms with Crippen LogP contribution < -0.4 is 4.90 Å². The lowest BCUT2D eigenvalue weighted by Gasteiger charge is -2.29. The fraction of sp³-hybridized carbons (Fsp3) is 0.381. The Morgan fingerprint density at radius 2 is 1.97 bits per heavy atom. The second kappa shape index (κ2) is 6.79. The average Bonchev–Trinajstić information content (AvgIpc) is 3.47. The second-order valence-electron chi connectivity index (χ2n) is 7.86. The summed E-state index contributed by atoms with van der Waals surface area (Å²) < 4.78 is 29.7. The van der Waals surface area contributed by atoms with E-state index in [0.717, 1.165) is 16.5 Å². The number of fused-ring (bicyclic) bond motifs is 1. The monoisotopic (exact) mass is 423 g/mol. The lowest BCUT2D eigenvalue weighted by atomic mass is 10.1. The zero-order chi connectivity index (χ0) is 20.9. The van der Waals surface area contributed by atoms with Crippen LogP contribution in [0.3, 0.4) is 0 Å². The fourth-order valence-electron chi connectivity index (χ4n) is 4.08. The Morgan fingerprint density at radius 1 is 1.20 bits per heavy atom. The van der Waals surface area contributed by atoms with Gasteiger partial charge in [0.2, 0.25) is 0 Å². The summed E-state index contributed by atoms with van der Waals surface area (Å²) in [5.41, 5.74) is 2.59. The number of ether oxygens (including phenoxy) is 1. The van der Waals surface area contributed by atoms with Crippen LogP contribution >= 0.6 is 0 Å². The molecule has 0 atom stereocenters. The van der Waals surface area contributed by atoms with Gasteiger partial charge in [0.05, 0.1) is 18.9 Å². The van der Waals surface area contributed by atoms with Gasteiger partial charge >= 0.3 is 0 Å². The highest BCUT2D eigenvalue weighted by Gasteiger charge is 2.55. The number of nitrogens with one attached hydrogen (secondary N) is 1. The highest BCUT2D eigenvalue weighted by molar-refractivity contribution is 7.91. The first kappa shape index (κ1) is 19.0. The third-order valence-electron chi connectivity index (χ3n) is 5.95. The minimum Gasteiger partial charge on any atom is -0.378 e. The molecule has 0 amide bonds. The van der Waals surface area contributed by atoms with Crippen molar-refractivity contribution in [3.05, 3.63) is 41.7 Å². The molecule has 2 aromatic heterocycles. The van der Waals surface area contributed by atoms with E-state index < -0.39 is 14.6 Å². The Bertz CT molecular complexity index is 1280. The molecule has 3 aromatic rings. The van der Waals surface area contributed by atoms with Gasteiger partial charge in [-0.2, -0.15) is 5.26 Å². The summed E-state index contributed by atoms with van der Waals surface area (Å²) in [6.07, 6.45) is 2.41. The molecule has 0 spiro atoms. The van der Waals surface area contributed by atoms with Crippen molar-refractivity contribution in [2.45, 2.75) is 17.6 Å². The molecule has 9 heteroatoms. The predicted molar refractivity (Wildman–Crippen MR) is 113 cm³/mol. The number of nitrogens with zero attached hydrogens (tertiary/aromatic N) is 4. The SMILES string of the molecule is CS(=O)(=O)C1(c2cc(N3CCOCC3)nc(-c3cccc4[nH]c(C#N)cc34)n2)CC1. The minimum absolute atomic E-state index is 0.455. The molecule has 1 aliphatic carbocycles. The normalized spacial score (nSPS) is 18.3. The van der Waals surface area contributed by atoms with E-state index >= 15 is 0 Å². The van der Waals surface area contributed by atoms with Crippen molar-refractivity contribution in [3.63, 3.8) is 0 Å². The van der Waals surface area contributed by atoms with Crippen molar-refractivity contribution in [1.82, 2.24) is 15.0 Å². The van der Waals surface area contributed by atoms with E-state index in [2.05, 4.69) is 16.0 Å². The van der Waals surface area contributed by atoms with Gasteiger partial charge < -0.3 is 14.6 Å². The van der Waals surface area contributed by atoms with Gasteiger partial charge in [0.15, 0.2) is 15.7 Å². The molecule has 5 rings (SSSR count). The number of anilines is 1. The number of H-pyrrole nitrogens is 1. The maximum Gasteiger partial charge on any atom is 0.162 e. The molecule has 3 heterocycles. The first-order valence-corrected chi connectivity index (χ1v) is 11.7. The molecular formula is C21H21N5O3S. The van der Waals surface area contributed by atoms with Crippen molar-refractivity contribution in [2.24, 2.45) is 0 Å². The van der Waals surface area contributed by atoms with E-state index in [4.69, 9.17) is 14.7 Å². The summed E-state index contributed by atoms with van der Waals surface area (Å²) >= 11 is 0. The lowest BCUT2D eigenvalue weighted by Crippen LogP contribution is -2.37. The molecule has 1 aliphatic heterocycles. The van der Waals surface area contributed by atoms with Gasteiger partial charge in [0.1, 0.15) is 22.3 Å². The molecule has 8 nitrogen and oxygen atoms in total. The maximum atomic E-state index is 12.6. The highest BCUT2D eigenvalue weighted by atomic mass is 32.2. The van der Waals surface area contributed by atoms with Gasteiger partial charge in [-0.1, -0.05) is 12.1 Å². The van der Waals surface area contributed by atoms with E-state index in [-0.39, 0.29) is 0 Å². The maximum absolute atomic E-state index is 12.6. The third kappa shape index (κ3) is 3.04. The predicted octanol–water partition coefficient (Wildman–Crippen LogP) is 2.37.